The van der Waals surface area contributed by atoms with Crippen LogP contribution in [0.3, 0.4) is 0 Å². The molecule has 1 saturated heterocycles. The van der Waals surface area contributed by atoms with E-state index in [2.05, 4.69) is 53.1 Å². The maximum absolute atomic E-state index is 11.8. The Labute approximate surface area is 218 Å². The van der Waals surface area contributed by atoms with Gasteiger partial charge in [0, 0.05) is 54.4 Å². The molecule has 1 atom stereocenters. The molecule has 2 heterocycles. The zero-order chi connectivity index (χ0) is 26.4. The second-order valence-electron chi connectivity index (χ2n) is 9.48. The maximum Gasteiger partial charge on any atom is 0.247 e. The molecule has 8 heteroatoms. The van der Waals surface area contributed by atoms with Gasteiger partial charge in [0.1, 0.15) is 5.75 Å². The van der Waals surface area contributed by atoms with Crippen molar-refractivity contribution < 1.29 is 14.3 Å². The number of pyridine rings is 1. The van der Waals surface area contributed by atoms with Crippen LogP contribution in [-0.4, -0.2) is 50.3 Å². The van der Waals surface area contributed by atoms with Gasteiger partial charge in [-0.3, -0.25) is 9.78 Å². The van der Waals surface area contributed by atoms with Gasteiger partial charge in [0.05, 0.1) is 31.2 Å². The number of nitrogens with two attached hydrogens (primary N) is 1. The second kappa shape index (κ2) is 11.5. The molecule has 0 saturated carbocycles. The number of morpholine rings is 1. The van der Waals surface area contributed by atoms with E-state index in [1.54, 1.807) is 19.4 Å². The molecule has 0 radical (unpaired) electrons. The fourth-order valence-electron chi connectivity index (χ4n) is 4.54. The van der Waals surface area contributed by atoms with Crippen molar-refractivity contribution in [1.29, 1.82) is 0 Å². The van der Waals surface area contributed by atoms with Crippen molar-refractivity contribution in [2.24, 2.45) is 5.73 Å². The highest BCUT2D eigenvalue weighted by atomic mass is 16.5. The molecule has 1 aliphatic heterocycles. The summed E-state index contributed by atoms with van der Waals surface area (Å²) < 4.78 is 11.5. The van der Waals surface area contributed by atoms with Crippen LogP contribution in [0.15, 0.2) is 73.4 Å². The smallest absolute Gasteiger partial charge is 0.247 e. The molecule has 0 aliphatic carbocycles. The molecule has 37 heavy (non-hydrogen) atoms. The fourth-order valence-corrected chi connectivity index (χ4v) is 4.54. The SMILES string of the molecule is C=CC(=O)Nc1ccnc(C(C)(C)c2ccccc2Nc2ccc(N3CCO[C@H](CN)C3)cc2OC)c1. The number of nitrogens with zero attached hydrogens (tertiary/aromatic N) is 2. The molecule has 4 rings (SSSR count). The van der Waals surface area contributed by atoms with E-state index >= 15 is 0 Å². The number of amides is 1. The van der Waals surface area contributed by atoms with Crippen LogP contribution in [0.4, 0.5) is 22.7 Å². The highest BCUT2D eigenvalue weighted by molar-refractivity contribution is 5.98. The summed E-state index contributed by atoms with van der Waals surface area (Å²) in [6.45, 7) is 10.5. The number of aromatic nitrogens is 1. The summed E-state index contributed by atoms with van der Waals surface area (Å²) >= 11 is 0. The monoisotopic (exact) mass is 501 g/mol. The first-order chi connectivity index (χ1) is 17.8. The Bertz CT molecular complexity index is 1260. The van der Waals surface area contributed by atoms with Gasteiger partial charge in [-0.05, 0) is 42.0 Å². The third-order valence-electron chi connectivity index (χ3n) is 6.67. The van der Waals surface area contributed by atoms with Crippen molar-refractivity contribution >= 4 is 28.7 Å². The third kappa shape index (κ3) is 5.93. The number of methoxy groups -OCH3 is 1. The molecule has 194 valence electrons. The summed E-state index contributed by atoms with van der Waals surface area (Å²) in [5.41, 5.74) is 10.8. The summed E-state index contributed by atoms with van der Waals surface area (Å²) in [5, 5.41) is 6.39. The molecule has 1 amide bonds. The molecule has 1 aromatic heterocycles. The zero-order valence-corrected chi connectivity index (χ0v) is 21.7. The van der Waals surface area contributed by atoms with Crippen molar-refractivity contribution in [1.82, 2.24) is 4.98 Å². The van der Waals surface area contributed by atoms with E-state index in [4.69, 9.17) is 15.2 Å². The Hall–Kier alpha value is -3.88. The third-order valence-corrected chi connectivity index (χ3v) is 6.67. The number of ether oxygens (including phenoxy) is 2. The van der Waals surface area contributed by atoms with Crippen LogP contribution in [0.2, 0.25) is 0 Å². The predicted octanol–water partition coefficient (Wildman–Crippen LogP) is 4.45. The zero-order valence-electron chi connectivity index (χ0n) is 21.7. The molecular formula is C29H35N5O3. The lowest BCUT2D eigenvalue weighted by molar-refractivity contribution is -0.111. The van der Waals surface area contributed by atoms with E-state index in [9.17, 15) is 4.79 Å². The van der Waals surface area contributed by atoms with E-state index in [0.717, 1.165) is 47.2 Å². The van der Waals surface area contributed by atoms with Crippen molar-refractivity contribution in [3.63, 3.8) is 0 Å². The molecule has 1 aliphatic rings. The second-order valence-corrected chi connectivity index (χ2v) is 9.48. The molecule has 0 unspecified atom stereocenters. The highest BCUT2D eigenvalue weighted by Crippen LogP contribution is 2.39. The number of carbonyl (C=O) groups excluding carboxylic acids is 1. The Morgan fingerprint density at radius 3 is 2.81 bits per heavy atom. The topological polar surface area (TPSA) is 102 Å². The van der Waals surface area contributed by atoms with Crippen LogP contribution in [-0.2, 0) is 14.9 Å². The average molecular weight is 502 g/mol. The van der Waals surface area contributed by atoms with Gasteiger partial charge in [-0.15, -0.1) is 0 Å². The van der Waals surface area contributed by atoms with Gasteiger partial charge in [-0.1, -0.05) is 38.6 Å². The molecule has 0 bridgehead atoms. The Kier molecular flexibility index (Phi) is 8.11. The quantitative estimate of drug-likeness (QED) is 0.373. The van der Waals surface area contributed by atoms with Crippen LogP contribution < -0.4 is 26.0 Å². The minimum absolute atomic E-state index is 0.0313. The van der Waals surface area contributed by atoms with Gasteiger partial charge in [0.15, 0.2) is 0 Å². The first-order valence-electron chi connectivity index (χ1n) is 12.4. The van der Waals surface area contributed by atoms with Crippen molar-refractivity contribution in [2.75, 3.05) is 48.9 Å². The summed E-state index contributed by atoms with van der Waals surface area (Å²) in [6, 6.07) is 18.0. The van der Waals surface area contributed by atoms with Crippen LogP contribution >= 0.6 is 0 Å². The summed E-state index contributed by atoms with van der Waals surface area (Å²) in [6.07, 6.45) is 2.98. The Morgan fingerprint density at radius 2 is 2.05 bits per heavy atom. The Balaban J connectivity index is 1.62. The molecule has 3 aromatic rings. The van der Waals surface area contributed by atoms with E-state index in [-0.39, 0.29) is 12.0 Å². The number of anilines is 4. The van der Waals surface area contributed by atoms with Gasteiger partial charge in [0.2, 0.25) is 5.91 Å². The molecule has 2 aromatic carbocycles. The van der Waals surface area contributed by atoms with Crippen LogP contribution in [0.1, 0.15) is 25.1 Å². The van der Waals surface area contributed by atoms with Crippen LogP contribution in [0.5, 0.6) is 5.75 Å². The molecule has 8 nitrogen and oxygen atoms in total. The van der Waals surface area contributed by atoms with Crippen LogP contribution in [0.25, 0.3) is 0 Å². The van der Waals surface area contributed by atoms with Crippen LogP contribution in [0, 0.1) is 0 Å². The van der Waals surface area contributed by atoms with Gasteiger partial charge < -0.3 is 30.7 Å². The number of hydrogen-bond acceptors (Lipinski definition) is 7. The molecule has 1 fully saturated rings. The Morgan fingerprint density at radius 1 is 1.24 bits per heavy atom. The van der Waals surface area contributed by atoms with E-state index in [1.165, 1.54) is 6.08 Å². The van der Waals surface area contributed by atoms with E-state index in [0.29, 0.717) is 18.8 Å². The van der Waals surface area contributed by atoms with Crippen molar-refractivity contribution in [2.45, 2.75) is 25.4 Å². The first-order valence-corrected chi connectivity index (χ1v) is 12.4. The summed E-state index contributed by atoms with van der Waals surface area (Å²) in [4.78, 5) is 18.7. The molecular weight excluding hydrogens is 466 g/mol. The normalized spacial score (nSPS) is 15.7. The molecule has 4 N–H and O–H groups in total. The molecule has 0 spiro atoms. The largest absolute Gasteiger partial charge is 0.494 e. The lowest BCUT2D eigenvalue weighted by Crippen LogP contribution is -2.45. The lowest BCUT2D eigenvalue weighted by atomic mass is 9.80. The first kappa shape index (κ1) is 26.2. The minimum atomic E-state index is -0.462. The number of para-hydroxylation sites is 1. The lowest BCUT2D eigenvalue weighted by Gasteiger charge is -2.34. The van der Waals surface area contributed by atoms with E-state index in [1.807, 2.05) is 36.4 Å². The average Bonchev–Trinajstić information content (AvgIpc) is 2.93. The fraction of sp³-hybridized carbons (Fsp3) is 0.310. The predicted molar refractivity (Wildman–Crippen MR) is 149 cm³/mol. The summed E-state index contributed by atoms with van der Waals surface area (Å²) in [5.74, 6) is 0.483. The number of benzene rings is 2. The van der Waals surface area contributed by atoms with E-state index < -0.39 is 5.41 Å². The number of hydrogen-bond donors (Lipinski definition) is 3. The van der Waals surface area contributed by atoms with Gasteiger partial charge in [-0.2, -0.15) is 0 Å². The maximum atomic E-state index is 11.8. The van der Waals surface area contributed by atoms with Gasteiger partial charge in [-0.25, -0.2) is 0 Å². The minimum Gasteiger partial charge on any atom is -0.494 e. The number of rotatable bonds is 9. The van der Waals surface area contributed by atoms with Gasteiger partial charge in [0.25, 0.3) is 0 Å². The standard InChI is InChI=1S/C29H35N5O3/c1-5-28(35)32-20-12-13-31-27(16-20)29(2,3)23-8-6-7-9-24(23)33-25-11-10-21(17-26(25)36-4)34-14-15-37-22(18-30)19-34/h5-13,16-17,22,33H,1,14-15,18-19,30H2,2-4H3,(H,31,32,35)/t22-/m1/s1. The van der Waals surface area contributed by atoms with Crippen molar-refractivity contribution in [3.05, 3.63) is 84.7 Å². The number of carbonyl (C=O) groups is 1. The highest BCUT2D eigenvalue weighted by Gasteiger charge is 2.28. The van der Waals surface area contributed by atoms with Gasteiger partial charge >= 0.3 is 0 Å². The number of nitrogens with one attached hydrogen (secondary N) is 2. The van der Waals surface area contributed by atoms with Crippen molar-refractivity contribution in [3.8, 4) is 5.75 Å². The summed E-state index contributed by atoms with van der Waals surface area (Å²) in [7, 11) is 1.68.